The van der Waals surface area contributed by atoms with Crippen LogP contribution in [0.1, 0.15) is 55.5 Å². The first-order valence-corrected chi connectivity index (χ1v) is 20.1. The van der Waals surface area contributed by atoms with E-state index in [0.717, 1.165) is 12.3 Å². The van der Waals surface area contributed by atoms with E-state index in [9.17, 15) is 4.89 Å². The van der Waals surface area contributed by atoms with Crippen molar-refractivity contribution in [3.05, 3.63) is 27.8 Å². The molecule has 0 amide bonds. The second-order valence-electron chi connectivity index (χ2n) is 6.83. The maximum atomic E-state index is 9.45. The summed E-state index contributed by atoms with van der Waals surface area (Å²) >= 11 is 6.50. The Balaban J connectivity index is 0. The van der Waals surface area contributed by atoms with Gasteiger partial charge >= 0.3 is 40.7 Å². The van der Waals surface area contributed by atoms with Gasteiger partial charge < -0.3 is 4.89 Å². The van der Waals surface area contributed by atoms with E-state index in [1.807, 2.05) is 0 Å². The minimum atomic E-state index is -0.659. The summed E-state index contributed by atoms with van der Waals surface area (Å²) in [5.41, 5.74) is 7.34. The van der Waals surface area contributed by atoms with Crippen LogP contribution in [0, 0.1) is 46.5 Å². The molecule has 0 radical (unpaired) electrons. The molecule has 0 saturated heterocycles. The molecule has 23 heavy (non-hydrogen) atoms. The Morgan fingerprint density at radius 2 is 1.17 bits per heavy atom. The topological polar surface area (TPSA) is 20.2 Å². The zero-order valence-corrected chi connectivity index (χ0v) is 22.5. The standard InChI is InChI=1S/C10H15.C8H19OP.2BrH.Ir/c1-6-7(2)9(4)10(5)8(6)3;1-7(2)5-10(9)6-8(3)4;;;/h1-5H3;7-9H,5-6H2,1-4H3;2*1H;/q-1;;;;+3/p-2. The molecule has 5 heteroatoms. The molecule has 0 aliphatic heterocycles. The molecule has 1 nitrogen and oxygen atoms in total. The third kappa shape index (κ3) is 12.4. The van der Waals surface area contributed by atoms with Gasteiger partial charge in [0.1, 0.15) is 0 Å². The van der Waals surface area contributed by atoms with Crippen LogP contribution < -0.4 is 0 Å². The van der Waals surface area contributed by atoms with Gasteiger partial charge in [0, 0.05) is 8.15 Å². The Hall–Kier alpha value is 1.35. The predicted molar refractivity (Wildman–Crippen MR) is 112 cm³/mol. The van der Waals surface area contributed by atoms with Crippen LogP contribution in [0.25, 0.3) is 0 Å². The average Bonchev–Trinajstić information content (AvgIpc) is 2.57. The van der Waals surface area contributed by atoms with Crippen molar-refractivity contribution >= 4 is 35.1 Å². The molecule has 0 aromatic heterocycles. The van der Waals surface area contributed by atoms with Crippen LogP contribution >= 0.6 is 35.1 Å². The average molecular weight is 649 g/mol. The van der Waals surface area contributed by atoms with Crippen LogP contribution in [0.15, 0.2) is 0 Å². The number of rotatable bonds is 4. The first-order valence-electron chi connectivity index (χ1n) is 7.96. The molecule has 0 fully saturated rings. The molecule has 0 bridgehead atoms. The molecule has 1 aromatic carbocycles. The second-order valence-corrected chi connectivity index (χ2v) is 19.1. The molecule has 0 aliphatic carbocycles. The van der Waals surface area contributed by atoms with Crippen molar-refractivity contribution < 1.29 is 18.6 Å². The molecule has 1 N–H and O–H groups in total. The van der Waals surface area contributed by atoms with Crippen molar-refractivity contribution in [3.63, 3.8) is 0 Å². The number of hydrogen-bond acceptors (Lipinski definition) is 1. The van der Waals surface area contributed by atoms with E-state index in [4.69, 9.17) is 0 Å². The van der Waals surface area contributed by atoms with Crippen molar-refractivity contribution in [1.82, 2.24) is 0 Å². The second kappa shape index (κ2) is 14.5. The van der Waals surface area contributed by atoms with Crippen molar-refractivity contribution in [2.45, 2.75) is 62.3 Å². The fourth-order valence-corrected chi connectivity index (χ4v) is 4.16. The van der Waals surface area contributed by atoms with Crippen LogP contribution in [0.4, 0.5) is 0 Å². The summed E-state index contributed by atoms with van der Waals surface area (Å²) in [5, 5.41) is 0. The summed E-state index contributed by atoms with van der Waals surface area (Å²) in [4.78, 5) is 9.45. The Morgan fingerprint density at radius 1 is 0.913 bits per heavy atom. The Labute approximate surface area is 167 Å². The van der Waals surface area contributed by atoms with Gasteiger partial charge in [-0.2, -0.15) is 27.8 Å². The van der Waals surface area contributed by atoms with E-state index < -0.39 is 8.15 Å². The molecule has 0 aliphatic rings. The third-order valence-electron chi connectivity index (χ3n) is 3.96. The Bertz CT molecular complexity index is 341. The zero-order chi connectivity index (χ0) is 18.7. The first-order chi connectivity index (χ1) is 10.5. The van der Waals surface area contributed by atoms with E-state index in [-0.39, 0.29) is 13.7 Å². The van der Waals surface area contributed by atoms with Gasteiger partial charge in [-0.05, 0) is 24.2 Å². The summed E-state index contributed by atoms with van der Waals surface area (Å²) in [7, 11) is -0.659. The Morgan fingerprint density at radius 3 is 1.30 bits per heavy atom. The first kappa shape index (κ1) is 26.6. The monoisotopic (exact) mass is 648 g/mol. The van der Waals surface area contributed by atoms with Crippen LogP contribution in [0.3, 0.4) is 0 Å². The number of halogens is 2. The Kier molecular flexibility index (Phi) is 16.8. The van der Waals surface area contributed by atoms with Gasteiger partial charge in [-0.15, -0.1) is 0 Å². The number of hydrogen-bond donors (Lipinski definition) is 1. The van der Waals surface area contributed by atoms with Crippen LogP contribution in [0.5, 0.6) is 0 Å². The van der Waals surface area contributed by atoms with Crippen LogP contribution in [0.2, 0.25) is 0 Å². The molecule has 1 rings (SSSR count). The molecule has 0 heterocycles. The predicted octanol–water partition coefficient (Wildman–Crippen LogP) is 7.32. The minimum absolute atomic E-state index is 0.125. The summed E-state index contributed by atoms with van der Waals surface area (Å²) < 4.78 is 0. The van der Waals surface area contributed by atoms with Crippen molar-refractivity contribution in [2.24, 2.45) is 11.8 Å². The maximum absolute atomic E-state index is 9.45. The van der Waals surface area contributed by atoms with E-state index >= 15 is 0 Å². The summed E-state index contributed by atoms with van der Waals surface area (Å²) in [6.07, 6.45) is 2.01. The van der Waals surface area contributed by atoms with E-state index in [1.54, 1.807) is 0 Å². The van der Waals surface area contributed by atoms with E-state index in [1.165, 1.54) is 27.8 Å². The molecule has 0 saturated carbocycles. The van der Waals surface area contributed by atoms with Crippen molar-refractivity contribution in [1.29, 1.82) is 0 Å². The SMILES string of the molecule is CC(C)CP(O)CC(C)C.Cc1c(C)c(C)[c-](C)c1C.[Br][Ir+][Br]. The van der Waals surface area contributed by atoms with E-state index in [0.29, 0.717) is 11.8 Å². The van der Waals surface area contributed by atoms with E-state index in [2.05, 4.69) is 89.3 Å². The molecular formula is C18H34Br2IrOP. The van der Waals surface area contributed by atoms with Gasteiger partial charge in [-0.25, -0.2) is 0 Å². The fourth-order valence-electron chi connectivity index (χ4n) is 2.32. The van der Waals surface area contributed by atoms with Gasteiger partial charge in [0.25, 0.3) is 0 Å². The quantitative estimate of drug-likeness (QED) is 0.268. The van der Waals surface area contributed by atoms with Crippen molar-refractivity contribution in [3.8, 4) is 0 Å². The van der Waals surface area contributed by atoms with Gasteiger partial charge in [-0.3, -0.25) is 0 Å². The summed E-state index contributed by atoms with van der Waals surface area (Å²) in [5.74, 6) is 1.30. The normalized spacial score (nSPS) is 10.7. The molecule has 0 spiro atoms. The fraction of sp³-hybridized carbons (Fsp3) is 0.722. The van der Waals surface area contributed by atoms with Crippen molar-refractivity contribution in [2.75, 3.05) is 12.3 Å². The van der Waals surface area contributed by atoms with Gasteiger partial charge in [-0.1, -0.05) is 62.3 Å². The molecule has 0 atom stereocenters. The van der Waals surface area contributed by atoms with Gasteiger partial charge in [0.05, 0.1) is 0 Å². The summed E-state index contributed by atoms with van der Waals surface area (Å²) in [6.45, 7) is 19.6. The molecule has 140 valence electrons. The molecule has 1 aromatic rings. The summed E-state index contributed by atoms with van der Waals surface area (Å²) in [6, 6.07) is 0. The third-order valence-corrected chi connectivity index (χ3v) is 6.27. The molecule has 0 unspecified atom stereocenters. The van der Waals surface area contributed by atoms with Gasteiger partial charge in [0.2, 0.25) is 0 Å². The zero-order valence-electron chi connectivity index (χ0n) is 16.1. The van der Waals surface area contributed by atoms with Gasteiger partial charge in [0.15, 0.2) is 0 Å². The van der Waals surface area contributed by atoms with Crippen LogP contribution in [-0.4, -0.2) is 17.2 Å². The van der Waals surface area contributed by atoms with Crippen LogP contribution in [-0.2, 0) is 13.7 Å². The molecular weight excluding hydrogens is 615 g/mol.